The number of anilines is 3. The van der Waals surface area contributed by atoms with Crippen LogP contribution in [0.25, 0.3) is 11.3 Å². The Kier molecular flexibility index (Phi) is 11.0. The summed E-state index contributed by atoms with van der Waals surface area (Å²) in [5, 5.41) is 0. The van der Waals surface area contributed by atoms with Crippen LogP contribution >= 0.6 is 0 Å². The van der Waals surface area contributed by atoms with Crippen molar-refractivity contribution in [3.8, 4) is 34.4 Å². The van der Waals surface area contributed by atoms with Crippen molar-refractivity contribution < 1.29 is 43.1 Å². The summed E-state index contributed by atoms with van der Waals surface area (Å²) in [5.74, 6) is -4.87. The van der Waals surface area contributed by atoms with E-state index in [0.29, 0.717) is 11.6 Å². The molecule has 0 amide bonds. The van der Waals surface area contributed by atoms with E-state index >= 15 is 13.2 Å². The van der Waals surface area contributed by atoms with Crippen LogP contribution in [-0.4, -0.2) is 9.97 Å². The van der Waals surface area contributed by atoms with Gasteiger partial charge in [-0.25, -0.2) is 9.37 Å². The van der Waals surface area contributed by atoms with Crippen LogP contribution in [0.4, 0.5) is 30.2 Å². The van der Waals surface area contributed by atoms with Crippen LogP contribution in [0.2, 0.25) is 0 Å². The van der Waals surface area contributed by atoms with Crippen LogP contribution in [0.15, 0.2) is 109 Å². The number of pyridine rings is 2. The Bertz CT molecular complexity index is 2090. The van der Waals surface area contributed by atoms with Gasteiger partial charge < -0.3 is 19.4 Å². The summed E-state index contributed by atoms with van der Waals surface area (Å²) in [6.45, 7) is 12.2. The van der Waals surface area contributed by atoms with E-state index in [9.17, 15) is 0 Å². The second-order valence-electron chi connectivity index (χ2n) is 13.9. The maximum absolute atomic E-state index is 15.4. The SMILES string of the molecule is CC(C)(C)c1ccnc(Oc2[c-]c(Oc3[c-]c(-c4cc(C(C)(C)C)ccn4)c(F)c(F)c3F)cc(N(c3ccccc3)c3ccccc3)c2)c1.[Pd+2]. The third-order valence-corrected chi connectivity index (χ3v) is 8.04. The molecule has 0 saturated carbocycles. The van der Waals surface area contributed by atoms with Gasteiger partial charge in [0.2, 0.25) is 5.88 Å². The quantitative estimate of drug-likeness (QED) is 0.0875. The molecule has 0 saturated heterocycles. The molecule has 0 aliphatic heterocycles. The molecule has 0 fully saturated rings. The minimum atomic E-state index is -1.71. The van der Waals surface area contributed by atoms with Gasteiger partial charge in [-0.2, -0.15) is 0 Å². The smallest absolute Gasteiger partial charge is 0.500 e. The number of rotatable bonds is 8. The largest absolute Gasteiger partial charge is 2.00 e. The molecule has 0 bridgehead atoms. The van der Waals surface area contributed by atoms with Crippen molar-refractivity contribution in [2.45, 2.75) is 52.4 Å². The molecule has 9 heteroatoms. The van der Waals surface area contributed by atoms with Gasteiger partial charge >= 0.3 is 20.4 Å². The number of hydrogen-bond acceptors (Lipinski definition) is 5. The Hall–Kier alpha value is -4.97. The van der Waals surface area contributed by atoms with Crippen LogP contribution in [0.5, 0.6) is 23.1 Å². The normalized spacial score (nSPS) is 11.5. The van der Waals surface area contributed by atoms with Crippen LogP contribution in [-0.2, 0) is 31.3 Å². The summed E-state index contributed by atoms with van der Waals surface area (Å²) in [6.07, 6.45) is 3.16. The molecule has 2 aromatic heterocycles. The van der Waals surface area contributed by atoms with E-state index in [2.05, 4.69) is 42.9 Å². The van der Waals surface area contributed by atoms with Crippen LogP contribution in [0, 0.1) is 29.6 Å². The number of para-hydroxylation sites is 2. The molecule has 0 aliphatic carbocycles. The van der Waals surface area contributed by atoms with Gasteiger partial charge in [-0.15, -0.1) is 12.1 Å². The number of nitrogens with zero attached hydrogens (tertiary/aromatic N) is 3. The van der Waals surface area contributed by atoms with Crippen molar-refractivity contribution >= 4 is 17.1 Å². The second kappa shape index (κ2) is 15.1. The van der Waals surface area contributed by atoms with E-state index in [4.69, 9.17) is 9.47 Å². The molecule has 51 heavy (non-hydrogen) atoms. The zero-order valence-corrected chi connectivity index (χ0v) is 30.6. The van der Waals surface area contributed by atoms with Crippen LogP contribution < -0.4 is 14.4 Å². The van der Waals surface area contributed by atoms with Crippen LogP contribution in [0.3, 0.4) is 0 Å². The monoisotopic (exact) mass is 777 g/mol. The summed E-state index contributed by atoms with van der Waals surface area (Å²) in [7, 11) is 0. The molecule has 0 unspecified atom stereocenters. The van der Waals surface area contributed by atoms with Gasteiger partial charge in [-0.1, -0.05) is 107 Å². The number of hydrogen-bond donors (Lipinski definition) is 0. The maximum atomic E-state index is 15.4. The van der Waals surface area contributed by atoms with Gasteiger partial charge in [0.1, 0.15) is 11.6 Å². The van der Waals surface area contributed by atoms with E-state index < -0.39 is 23.2 Å². The summed E-state index contributed by atoms with van der Waals surface area (Å²) >= 11 is 0. The molecule has 6 rings (SSSR count). The first-order valence-electron chi connectivity index (χ1n) is 16.1. The molecule has 6 aromatic rings. The number of ether oxygens (including phenoxy) is 2. The molecule has 0 spiro atoms. The average molecular weight is 778 g/mol. The fraction of sp³-hybridized carbons (Fsp3) is 0.190. The molecular weight excluding hydrogens is 742 g/mol. The first-order valence-corrected chi connectivity index (χ1v) is 16.1. The van der Waals surface area contributed by atoms with Crippen LogP contribution in [0.1, 0.15) is 52.7 Å². The van der Waals surface area contributed by atoms with E-state index in [1.165, 1.54) is 6.20 Å². The van der Waals surface area contributed by atoms with Crippen molar-refractivity contribution in [2.24, 2.45) is 0 Å². The Balaban J connectivity index is 0.00000504. The topological polar surface area (TPSA) is 47.5 Å². The fourth-order valence-corrected chi connectivity index (χ4v) is 5.31. The van der Waals surface area contributed by atoms with Crippen molar-refractivity contribution in [1.82, 2.24) is 9.97 Å². The van der Waals surface area contributed by atoms with Gasteiger partial charge in [-0.3, -0.25) is 8.78 Å². The minimum absolute atomic E-state index is 0. The summed E-state index contributed by atoms with van der Waals surface area (Å²) in [5.41, 5.74) is 3.26. The molecule has 4 aromatic carbocycles. The maximum Gasteiger partial charge on any atom is 2.00 e. The zero-order valence-electron chi connectivity index (χ0n) is 29.0. The average Bonchev–Trinajstić information content (AvgIpc) is 3.09. The van der Waals surface area contributed by atoms with Crippen molar-refractivity contribution in [2.75, 3.05) is 4.90 Å². The summed E-state index contributed by atoms with van der Waals surface area (Å²) in [6, 6.07) is 35.4. The van der Waals surface area contributed by atoms with Crippen molar-refractivity contribution in [3.05, 3.63) is 150 Å². The predicted molar refractivity (Wildman–Crippen MR) is 190 cm³/mol. The Labute approximate surface area is 310 Å². The predicted octanol–water partition coefficient (Wildman–Crippen LogP) is 11.8. The molecule has 0 N–H and O–H groups in total. The first-order chi connectivity index (χ1) is 23.8. The molecule has 0 radical (unpaired) electrons. The Morgan fingerprint density at radius 1 is 0.569 bits per heavy atom. The molecule has 0 atom stereocenters. The number of aromatic nitrogens is 2. The standard InChI is InChI=1S/C42H36F3N3O2.Pd/c1-41(2,3)27-17-19-46-35(21-27)34-26-36(39(44)40(45)38(34)43)49-32-23-31(48(29-13-9-7-10-14-29)30-15-11-8-12-16-30)24-33(25-32)50-37-22-28(18-20-47-37)42(4,5)6;/h7-24H,1-6H3;/q-2;+2. The van der Waals surface area contributed by atoms with E-state index in [1.54, 1.807) is 30.5 Å². The third-order valence-electron chi connectivity index (χ3n) is 8.04. The van der Waals surface area contributed by atoms with Gasteiger partial charge in [0, 0.05) is 41.3 Å². The van der Waals surface area contributed by atoms with Gasteiger partial charge in [0.15, 0.2) is 0 Å². The third kappa shape index (κ3) is 8.50. The van der Waals surface area contributed by atoms with E-state index in [1.807, 2.05) is 98.5 Å². The summed E-state index contributed by atoms with van der Waals surface area (Å²) < 4.78 is 58.1. The summed E-state index contributed by atoms with van der Waals surface area (Å²) in [4.78, 5) is 10.6. The molecule has 0 aliphatic rings. The van der Waals surface area contributed by atoms with Crippen molar-refractivity contribution in [1.29, 1.82) is 0 Å². The number of halogens is 3. The van der Waals surface area contributed by atoms with Gasteiger partial charge in [0.25, 0.3) is 0 Å². The van der Waals surface area contributed by atoms with Crippen molar-refractivity contribution in [3.63, 3.8) is 0 Å². The van der Waals surface area contributed by atoms with E-state index in [0.717, 1.165) is 22.5 Å². The second-order valence-corrected chi connectivity index (χ2v) is 13.9. The Morgan fingerprint density at radius 2 is 1.10 bits per heavy atom. The van der Waals surface area contributed by atoms with E-state index in [-0.39, 0.29) is 54.0 Å². The molecule has 5 nitrogen and oxygen atoms in total. The minimum Gasteiger partial charge on any atom is -0.500 e. The molecule has 262 valence electrons. The molecule has 2 heterocycles. The van der Waals surface area contributed by atoms with Gasteiger partial charge in [0.05, 0.1) is 11.6 Å². The zero-order chi connectivity index (χ0) is 35.6. The number of benzene rings is 4. The first kappa shape index (κ1) is 37.3. The fourth-order valence-electron chi connectivity index (χ4n) is 5.31. The Morgan fingerprint density at radius 3 is 1.67 bits per heavy atom. The molecular formula is C42H36F3N3O2Pd. The van der Waals surface area contributed by atoms with Gasteiger partial charge in [-0.05, 0) is 64.0 Å².